The van der Waals surface area contributed by atoms with E-state index in [0.717, 1.165) is 0 Å². The normalized spacial score (nSPS) is 12.6. The highest BCUT2D eigenvalue weighted by molar-refractivity contribution is 14.1. The maximum absolute atomic E-state index is 13.1. The van der Waals surface area contributed by atoms with Crippen LogP contribution in [-0.4, -0.2) is 16.2 Å². The molecule has 0 saturated carbocycles. The van der Waals surface area contributed by atoms with Crippen molar-refractivity contribution < 1.29 is 19.4 Å². The first-order chi connectivity index (χ1) is 6.43. The number of benzene rings is 1. The zero-order chi connectivity index (χ0) is 10.9. The number of carbonyl (C=O) groups is 1. The van der Waals surface area contributed by atoms with Gasteiger partial charge in [-0.05, 0) is 34.7 Å². The third-order valence-electron chi connectivity index (χ3n) is 1.55. The lowest BCUT2D eigenvalue weighted by atomic mass is 10.1. The standard InChI is InChI=1S/C8H5BrFIO3/c9-3-1-4(7(12)8(13)14)6(11)5(10)2-3/h1-2,7,12H,(H,13,14). The van der Waals surface area contributed by atoms with Crippen molar-refractivity contribution in [1.29, 1.82) is 0 Å². The van der Waals surface area contributed by atoms with Crippen molar-refractivity contribution in [2.45, 2.75) is 6.10 Å². The van der Waals surface area contributed by atoms with Crippen molar-refractivity contribution in [3.8, 4) is 0 Å². The summed E-state index contributed by atoms with van der Waals surface area (Å²) in [7, 11) is 0. The third-order valence-corrected chi connectivity index (χ3v) is 3.15. The van der Waals surface area contributed by atoms with Gasteiger partial charge < -0.3 is 10.2 Å². The number of carboxylic acid groups (broad SMARTS) is 1. The van der Waals surface area contributed by atoms with Gasteiger partial charge in [0.15, 0.2) is 6.10 Å². The number of aliphatic hydroxyl groups excluding tert-OH is 1. The number of carboxylic acids is 1. The summed E-state index contributed by atoms with van der Waals surface area (Å²) in [5, 5.41) is 17.8. The van der Waals surface area contributed by atoms with Gasteiger partial charge in [-0.2, -0.15) is 0 Å². The highest BCUT2D eigenvalue weighted by Crippen LogP contribution is 2.26. The van der Waals surface area contributed by atoms with Crippen molar-refractivity contribution in [2.24, 2.45) is 0 Å². The molecule has 14 heavy (non-hydrogen) atoms. The van der Waals surface area contributed by atoms with Gasteiger partial charge in [0.05, 0.1) is 3.57 Å². The van der Waals surface area contributed by atoms with Crippen molar-refractivity contribution in [1.82, 2.24) is 0 Å². The first-order valence-electron chi connectivity index (χ1n) is 3.48. The molecule has 0 heterocycles. The molecule has 0 bridgehead atoms. The lowest BCUT2D eigenvalue weighted by Crippen LogP contribution is -2.12. The van der Waals surface area contributed by atoms with E-state index >= 15 is 0 Å². The third kappa shape index (κ3) is 2.43. The van der Waals surface area contributed by atoms with Crippen molar-refractivity contribution in [2.75, 3.05) is 0 Å². The lowest BCUT2D eigenvalue weighted by Gasteiger charge is -2.09. The SMILES string of the molecule is O=C(O)C(O)c1cc(Br)cc(F)c1I. The van der Waals surface area contributed by atoms with Gasteiger partial charge in [-0.1, -0.05) is 15.9 Å². The molecule has 1 aromatic carbocycles. The van der Waals surface area contributed by atoms with Crippen molar-refractivity contribution in [3.05, 3.63) is 31.6 Å². The second kappa shape index (κ2) is 4.54. The zero-order valence-electron chi connectivity index (χ0n) is 6.67. The average molecular weight is 375 g/mol. The topological polar surface area (TPSA) is 57.5 Å². The maximum Gasteiger partial charge on any atom is 0.337 e. The molecule has 76 valence electrons. The Kier molecular flexibility index (Phi) is 3.85. The van der Waals surface area contributed by atoms with E-state index in [9.17, 15) is 14.3 Å². The fraction of sp³-hybridized carbons (Fsp3) is 0.125. The molecule has 0 radical (unpaired) electrons. The molecule has 6 heteroatoms. The van der Waals surface area contributed by atoms with Crippen LogP contribution in [0.2, 0.25) is 0 Å². The number of halogens is 3. The van der Waals surface area contributed by atoms with Crippen LogP contribution in [0.4, 0.5) is 4.39 Å². The van der Waals surface area contributed by atoms with Gasteiger partial charge in [-0.15, -0.1) is 0 Å². The molecule has 1 aromatic rings. The van der Waals surface area contributed by atoms with Gasteiger partial charge in [0.25, 0.3) is 0 Å². The van der Waals surface area contributed by atoms with Crippen LogP contribution in [0.1, 0.15) is 11.7 Å². The van der Waals surface area contributed by atoms with Crippen LogP contribution in [0, 0.1) is 9.39 Å². The first-order valence-corrected chi connectivity index (χ1v) is 5.36. The smallest absolute Gasteiger partial charge is 0.337 e. The molecule has 1 atom stereocenters. The Labute approximate surface area is 101 Å². The summed E-state index contributed by atoms with van der Waals surface area (Å²) in [6.45, 7) is 0. The molecule has 0 fully saturated rings. The number of hydrogen-bond acceptors (Lipinski definition) is 2. The Bertz CT molecular complexity index is 383. The number of hydrogen-bond donors (Lipinski definition) is 2. The van der Waals surface area contributed by atoms with Gasteiger partial charge in [0.1, 0.15) is 5.82 Å². The van der Waals surface area contributed by atoms with E-state index < -0.39 is 17.9 Å². The Morgan fingerprint density at radius 1 is 1.57 bits per heavy atom. The summed E-state index contributed by atoms with van der Waals surface area (Å²) < 4.78 is 13.6. The fourth-order valence-electron chi connectivity index (χ4n) is 0.908. The minimum atomic E-state index is -1.70. The maximum atomic E-state index is 13.1. The highest BCUT2D eigenvalue weighted by atomic mass is 127. The van der Waals surface area contributed by atoms with Crippen LogP contribution < -0.4 is 0 Å². The van der Waals surface area contributed by atoms with Crippen LogP contribution in [-0.2, 0) is 4.79 Å². The molecular formula is C8H5BrFIO3. The molecule has 1 rings (SSSR count). The van der Waals surface area contributed by atoms with Gasteiger partial charge in [-0.25, -0.2) is 9.18 Å². The zero-order valence-corrected chi connectivity index (χ0v) is 10.4. The molecule has 0 aliphatic carbocycles. The van der Waals surface area contributed by atoms with Crippen LogP contribution in [0.5, 0.6) is 0 Å². The minimum Gasteiger partial charge on any atom is -0.479 e. The molecule has 0 aliphatic rings. The van der Waals surface area contributed by atoms with Gasteiger partial charge >= 0.3 is 5.97 Å². The second-order valence-corrected chi connectivity index (χ2v) is 4.53. The van der Waals surface area contributed by atoms with E-state index in [2.05, 4.69) is 15.9 Å². The molecular weight excluding hydrogens is 370 g/mol. The number of aliphatic hydroxyl groups is 1. The van der Waals surface area contributed by atoms with Crippen LogP contribution in [0.3, 0.4) is 0 Å². The lowest BCUT2D eigenvalue weighted by molar-refractivity contribution is -0.147. The van der Waals surface area contributed by atoms with E-state index in [0.29, 0.717) is 4.47 Å². The monoisotopic (exact) mass is 374 g/mol. The van der Waals surface area contributed by atoms with Gasteiger partial charge in [0.2, 0.25) is 0 Å². The Hall–Kier alpha value is -0.210. The molecule has 0 amide bonds. The van der Waals surface area contributed by atoms with Crippen molar-refractivity contribution in [3.63, 3.8) is 0 Å². The molecule has 1 unspecified atom stereocenters. The molecule has 3 nitrogen and oxygen atoms in total. The van der Waals surface area contributed by atoms with Gasteiger partial charge in [0, 0.05) is 10.0 Å². The molecule has 0 aromatic heterocycles. The summed E-state index contributed by atoms with van der Waals surface area (Å²) in [6, 6.07) is 2.59. The van der Waals surface area contributed by atoms with Crippen LogP contribution >= 0.6 is 38.5 Å². The Morgan fingerprint density at radius 3 is 2.64 bits per heavy atom. The summed E-state index contributed by atoms with van der Waals surface area (Å²) in [5.74, 6) is -1.96. The molecule has 2 N–H and O–H groups in total. The number of rotatable bonds is 2. The first kappa shape index (κ1) is 11.9. The molecule has 0 spiro atoms. The quantitative estimate of drug-likeness (QED) is 0.617. The molecule has 0 saturated heterocycles. The summed E-state index contributed by atoms with van der Waals surface area (Å²) >= 11 is 4.67. The van der Waals surface area contributed by atoms with Crippen LogP contribution in [0.25, 0.3) is 0 Å². The minimum absolute atomic E-state index is 0.0463. The Balaban J connectivity index is 3.26. The summed E-state index contributed by atoms with van der Waals surface area (Å²) in [5.41, 5.74) is 0.0463. The van der Waals surface area contributed by atoms with E-state index in [1.807, 2.05) is 0 Å². The summed E-state index contributed by atoms with van der Waals surface area (Å²) in [4.78, 5) is 10.5. The fourth-order valence-corrected chi connectivity index (χ4v) is 1.96. The van der Waals surface area contributed by atoms with E-state index in [1.165, 1.54) is 12.1 Å². The Morgan fingerprint density at radius 2 is 2.14 bits per heavy atom. The molecule has 0 aliphatic heterocycles. The number of aliphatic carboxylic acids is 1. The largest absolute Gasteiger partial charge is 0.479 e. The predicted molar refractivity (Wildman–Crippen MR) is 59.4 cm³/mol. The summed E-state index contributed by atoms with van der Waals surface area (Å²) in [6.07, 6.45) is -1.70. The highest BCUT2D eigenvalue weighted by Gasteiger charge is 2.21. The van der Waals surface area contributed by atoms with E-state index in [1.54, 1.807) is 22.6 Å². The van der Waals surface area contributed by atoms with E-state index in [-0.39, 0.29) is 9.13 Å². The van der Waals surface area contributed by atoms with E-state index in [4.69, 9.17) is 5.11 Å². The predicted octanol–water partition coefficient (Wildman–Crippen LogP) is 2.31. The van der Waals surface area contributed by atoms with Crippen molar-refractivity contribution >= 4 is 44.5 Å². The average Bonchev–Trinajstić information content (AvgIpc) is 2.09. The van der Waals surface area contributed by atoms with Crippen LogP contribution in [0.15, 0.2) is 16.6 Å². The second-order valence-electron chi connectivity index (χ2n) is 2.53. The van der Waals surface area contributed by atoms with Gasteiger partial charge in [-0.3, -0.25) is 0 Å².